The van der Waals surface area contributed by atoms with Crippen molar-refractivity contribution >= 4 is 17.5 Å². The highest BCUT2D eigenvalue weighted by Gasteiger charge is 2.11. The van der Waals surface area contributed by atoms with Gasteiger partial charge in [-0.2, -0.15) is 20.1 Å². The van der Waals surface area contributed by atoms with Crippen molar-refractivity contribution in [2.24, 2.45) is 7.05 Å². The summed E-state index contributed by atoms with van der Waals surface area (Å²) in [5, 5.41) is 4.38. The first-order valence-electron chi connectivity index (χ1n) is 4.80. The van der Waals surface area contributed by atoms with Gasteiger partial charge in [0, 0.05) is 7.05 Å². The molecule has 0 aliphatic heterocycles. The number of aromatic nitrogens is 5. The van der Waals surface area contributed by atoms with Gasteiger partial charge in [0.15, 0.2) is 5.82 Å². The summed E-state index contributed by atoms with van der Waals surface area (Å²) in [5.74, 6) is 0.543. The molecule has 0 bridgehead atoms. The van der Waals surface area contributed by atoms with E-state index in [2.05, 4.69) is 20.1 Å². The number of nitrogen functional groups attached to an aromatic ring is 1. The molecule has 84 valence electrons. The van der Waals surface area contributed by atoms with Crippen LogP contribution < -0.4 is 5.73 Å². The van der Waals surface area contributed by atoms with Gasteiger partial charge in [-0.1, -0.05) is 6.92 Å². The molecule has 2 aromatic rings. The van der Waals surface area contributed by atoms with Crippen LogP contribution in [0.3, 0.4) is 0 Å². The van der Waals surface area contributed by atoms with Gasteiger partial charge in [0.25, 0.3) is 0 Å². The Morgan fingerprint density at radius 1 is 1.38 bits per heavy atom. The molecule has 0 amide bonds. The molecule has 0 aliphatic carbocycles. The molecule has 2 N–H and O–H groups in total. The lowest BCUT2D eigenvalue weighted by Gasteiger charge is -2.00. The monoisotopic (exact) mass is 238 g/mol. The Hall–Kier alpha value is -1.69. The van der Waals surface area contributed by atoms with E-state index in [1.54, 1.807) is 4.68 Å². The molecule has 0 unspecified atom stereocenters. The van der Waals surface area contributed by atoms with E-state index in [4.69, 9.17) is 17.3 Å². The molecule has 0 radical (unpaired) electrons. The van der Waals surface area contributed by atoms with Gasteiger partial charge in [-0.3, -0.25) is 4.68 Å². The molecule has 16 heavy (non-hydrogen) atoms. The molecule has 0 aromatic carbocycles. The summed E-state index contributed by atoms with van der Waals surface area (Å²) >= 11 is 5.72. The third-order valence-electron chi connectivity index (χ3n) is 2.15. The molecule has 2 aromatic heterocycles. The van der Waals surface area contributed by atoms with Crippen molar-refractivity contribution in [1.82, 2.24) is 24.7 Å². The maximum Gasteiger partial charge on any atom is 0.227 e. The molecule has 2 rings (SSSR count). The SMILES string of the molecule is CCc1cc(-c2nc(N)nc(Cl)n2)n(C)n1. The predicted molar refractivity (Wildman–Crippen MR) is 60.8 cm³/mol. The molecule has 7 heteroatoms. The molecule has 0 saturated heterocycles. The number of rotatable bonds is 2. The van der Waals surface area contributed by atoms with Crippen LogP contribution in [-0.4, -0.2) is 24.7 Å². The smallest absolute Gasteiger partial charge is 0.227 e. The summed E-state index contributed by atoms with van der Waals surface area (Å²) in [4.78, 5) is 11.7. The fourth-order valence-electron chi connectivity index (χ4n) is 1.39. The van der Waals surface area contributed by atoms with Gasteiger partial charge in [0.1, 0.15) is 5.69 Å². The van der Waals surface area contributed by atoms with Gasteiger partial charge in [-0.05, 0) is 24.1 Å². The van der Waals surface area contributed by atoms with Crippen LogP contribution in [0.5, 0.6) is 0 Å². The Labute approximate surface area is 97.5 Å². The molecule has 2 heterocycles. The van der Waals surface area contributed by atoms with E-state index in [1.165, 1.54) is 0 Å². The van der Waals surface area contributed by atoms with E-state index in [-0.39, 0.29) is 11.2 Å². The van der Waals surface area contributed by atoms with Crippen molar-refractivity contribution in [2.75, 3.05) is 5.73 Å². The van der Waals surface area contributed by atoms with Gasteiger partial charge in [0.2, 0.25) is 11.2 Å². The summed E-state index contributed by atoms with van der Waals surface area (Å²) in [6, 6.07) is 1.91. The van der Waals surface area contributed by atoms with Gasteiger partial charge >= 0.3 is 0 Å². The molecular weight excluding hydrogens is 228 g/mol. The van der Waals surface area contributed by atoms with E-state index in [0.717, 1.165) is 17.8 Å². The molecular formula is C9H11ClN6. The van der Waals surface area contributed by atoms with Crippen LogP contribution in [0.2, 0.25) is 5.28 Å². The first kappa shape index (κ1) is 10.8. The number of nitrogens with zero attached hydrogens (tertiary/aromatic N) is 5. The quantitative estimate of drug-likeness (QED) is 0.846. The number of halogens is 1. The van der Waals surface area contributed by atoms with E-state index in [0.29, 0.717) is 5.82 Å². The van der Waals surface area contributed by atoms with Crippen molar-refractivity contribution < 1.29 is 0 Å². The topological polar surface area (TPSA) is 82.5 Å². The highest BCUT2D eigenvalue weighted by Crippen LogP contribution is 2.17. The third-order valence-corrected chi connectivity index (χ3v) is 2.32. The Bertz CT molecular complexity index is 500. The number of nitrogens with two attached hydrogens (primary N) is 1. The third kappa shape index (κ3) is 1.96. The van der Waals surface area contributed by atoms with Crippen LogP contribution in [-0.2, 0) is 13.5 Å². The van der Waals surface area contributed by atoms with Crippen LogP contribution >= 0.6 is 11.6 Å². The lowest BCUT2D eigenvalue weighted by atomic mass is 10.3. The fraction of sp³-hybridized carbons (Fsp3) is 0.333. The fourth-order valence-corrected chi connectivity index (χ4v) is 1.56. The molecule has 0 saturated carbocycles. The van der Waals surface area contributed by atoms with Crippen molar-refractivity contribution in [1.29, 1.82) is 0 Å². The second-order valence-corrected chi connectivity index (χ2v) is 3.62. The molecule has 0 fully saturated rings. The Morgan fingerprint density at radius 2 is 2.12 bits per heavy atom. The Balaban J connectivity index is 2.53. The van der Waals surface area contributed by atoms with Gasteiger partial charge in [-0.15, -0.1) is 0 Å². The van der Waals surface area contributed by atoms with Crippen molar-refractivity contribution in [3.05, 3.63) is 17.0 Å². The first-order chi connectivity index (χ1) is 7.60. The summed E-state index contributed by atoms with van der Waals surface area (Å²) in [6.07, 6.45) is 0.849. The minimum Gasteiger partial charge on any atom is -0.368 e. The lowest BCUT2D eigenvalue weighted by Crippen LogP contribution is -2.03. The maximum absolute atomic E-state index is 5.72. The average Bonchev–Trinajstić information content (AvgIpc) is 2.58. The molecule has 0 spiro atoms. The zero-order valence-electron chi connectivity index (χ0n) is 8.98. The van der Waals surface area contributed by atoms with E-state index >= 15 is 0 Å². The van der Waals surface area contributed by atoms with Gasteiger partial charge in [-0.25, -0.2) is 0 Å². The maximum atomic E-state index is 5.72. The molecule has 6 nitrogen and oxygen atoms in total. The number of hydrogen-bond donors (Lipinski definition) is 1. The van der Waals surface area contributed by atoms with Crippen LogP contribution in [0.1, 0.15) is 12.6 Å². The second kappa shape index (κ2) is 4.05. The van der Waals surface area contributed by atoms with Crippen LogP contribution in [0.25, 0.3) is 11.5 Å². The number of hydrogen-bond acceptors (Lipinski definition) is 5. The summed E-state index contributed by atoms with van der Waals surface area (Å²) in [5.41, 5.74) is 7.25. The second-order valence-electron chi connectivity index (χ2n) is 3.28. The highest BCUT2D eigenvalue weighted by atomic mass is 35.5. The lowest BCUT2D eigenvalue weighted by molar-refractivity contribution is 0.747. The zero-order chi connectivity index (χ0) is 11.7. The summed E-state index contributed by atoms with van der Waals surface area (Å²) < 4.78 is 1.70. The van der Waals surface area contributed by atoms with Crippen molar-refractivity contribution in [3.63, 3.8) is 0 Å². The zero-order valence-corrected chi connectivity index (χ0v) is 9.73. The normalized spacial score (nSPS) is 10.7. The molecule has 0 aliphatic rings. The molecule has 0 atom stereocenters. The van der Waals surface area contributed by atoms with Gasteiger partial charge in [0.05, 0.1) is 5.69 Å². The summed E-state index contributed by atoms with van der Waals surface area (Å²) in [7, 11) is 1.82. The predicted octanol–water partition coefficient (Wildman–Crippen LogP) is 1.07. The Morgan fingerprint density at radius 3 is 2.69 bits per heavy atom. The number of aryl methyl sites for hydroxylation is 2. The average molecular weight is 239 g/mol. The van der Waals surface area contributed by atoms with Crippen molar-refractivity contribution in [2.45, 2.75) is 13.3 Å². The van der Waals surface area contributed by atoms with Crippen molar-refractivity contribution in [3.8, 4) is 11.5 Å². The van der Waals surface area contributed by atoms with Crippen LogP contribution in [0.15, 0.2) is 6.07 Å². The van der Waals surface area contributed by atoms with Gasteiger partial charge < -0.3 is 5.73 Å². The standard InChI is InChI=1S/C9H11ClN6/c1-3-5-4-6(16(2)15-5)7-12-8(10)14-9(11)13-7/h4H,3H2,1-2H3,(H2,11,12,13,14). The van der Waals surface area contributed by atoms with E-state index in [9.17, 15) is 0 Å². The number of anilines is 1. The minimum atomic E-state index is 0.0850. The highest BCUT2D eigenvalue weighted by molar-refractivity contribution is 6.28. The largest absolute Gasteiger partial charge is 0.368 e. The minimum absolute atomic E-state index is 0.0850. The van der Waals surface area contributed by atoms with Crippen LogP contribution in [0, 0.1) is 0 Å². The summed E-state index contributed by atoms with van der Waals surface area (Å²) in [6.45, 7) is 2.03. The van der Waals surface area contributed by atoms with E-state index < -0.39 is 0 Å². The Kier molecular flexibility index (Phi) is 2.74. The van der Waals surface area contributed by atoms with E-state index in [1.807, 2.05) is 20.0 Å². The van der Waals surface area contributed by atoms with Crippen LogP contribution in [0.4, 0.5) is 5.95 Å². The first-order valence-corrected chi connectivity index (χ1v) is 5.18.